The van der Waals surface area contributed by atoms with Crippen molar-refractivity contribution in [2.24, 2.45) is 5.73 Å². The van der Waals surface area contributed by atoms with E-state index in [1.807, 2.05) is 4.90 Å². The van der Waals surface area contributed by atoms with E-state index in [2.05, 4.69) is 24.8 Å². The lowest BCUT2D eigenvalue weighted by atomic mass is 9.96. The van der Waals surface area contributed by atoms with Gasteiger partial charge in [0.25, 0.3) is 0 Å². The van der Waals surface area contributed by atoms with Gasteiger partial charge in [0.1, 0.15) is 0 Å². The van der Waals surface area contributed by atoms with E-state index in [1.54, 1.807) is 0 Å². The summed E-state index contributed by atoms with van der Waals surface area (Å²) >= 11 is 0. The van der Waals surface area contributed by atoms with Crippen LogP contribution in [0.4, 0.5) is 0 Å². The molecule has 4 heteroatoms. The fourth-order valence-corrected chi connectivity index (χ4v) is 3.73. The molecule has 0 bridgehead atoms. The van der Waals surface area contributed by atoms with Crippen LogP contribution >= 0.6 is 0 Å². The van der Waals surface area contributed by atoms with Crippen LogP contribution in [0, 0.1) is 0 Å². The van der Waals surface area contributed by atoms with Gasteiger partial charge >= 0.3 is 0 Å². The molecule has 1 fully saturated rings. The van der Waals surface area contributed by atoms with Gasteiger partial charge in [0.15, 0.2) is 0 Å². The first-order chi connectivity index (χ1) is 10.2. The van der Waals surface area contributed by atoms with E-state index in [-0.39, 0.29) is 5.91 Å². The fraction of sp³-hybridized carbons (Fsp3) is 0.824. The Hall–Kier alpha value is -0.870. The van der Waals surface area contributed by atoms with Gasteiger partial charge in [-0.1, -0.05) is 12.5 Å². The van der Waals surface area contributed by atoms with Gasteiger partial charge in [0, 0.05) is 30.9 Å². The molecule has 0 aromatic heterocycles. The molecule has 2 aliphatic rings. The van der Waals surface area contributed by atoms with Crippen molar-refractivity contribution in [1.82, 2.24) is 9.80 Å². The molecule has 1 aliphatic heterocycles. The summed E-state index contributed by atoms with van der Waals surface area (Å²) in [5, 5.41) is 0. The van der Waals surface area contributed by atoms with Crippen LogP contribution in [0.3, 0.4) is 0 Å². The molecule has 0 aromatic rings. The number of nitrogens with zero attached hydrogens (tertiary/aromatic N) is 2. The molecule has 1 saturated heterocycles. The van der Waals surface area contributed by atoms with Gasteiger partial charge in [-0.3, -0.25) is 9.69 Å². The number of carbonyl (C=O) groups excluding carboxylic acids is 1. The zero-order valence-corrected chi connectivity index (χ0v) is 13.7. The summed E-state index contributed by atoms with van der Waals surface area (Å²) in [5.74, 6) is 0.248. The molecule has 2 unspecified atom stereocenters. The topological polar surface area (TPSA) is 49.6 Å². The molecule has 2 N–H and O–H groups in total. The normalized spacial score (nSPS) is 27.3. The van der Waals surface area contributed by atoms with Gasteiger partial charge in [-0.05, 0) is 52.4 Å². The summed E-state index contributed by atoms with van der Waals surface area (Å²) in [6, 6.07) is 0.840. The van der Waals surface area contributed by atoms with Crippen LogP contribution in [0.1, 0.15) is 58.8 Å². The first kappa shape index (κ1) is 16.5. The van der Waals surface area contributed by atoms with Crippen LogP contribution in [0.15, 0.2) is 11.8 Å². The van der Waals surface area contributed by atoms with E-state index in [0.717, 1.165) is 25.8 Å². The molecule has 0 saturated carbocycles. The van der Waals surface area contributed by atoms with E-state index in [4.69, 9.17) is 5.73 Å². The smallest absolute Gasteiger partial charge is 0.240 e. The molecule has 2 rings (SSSR count). The van der Waals surface area contributed by atoms with Crippen LogP contribution in [0.25, 0.3) is 0 Å². The Bertz CT molecular complexity index is 380. The molecule has 4 nitrogen and oxygen atoms in total. The Morgan fingerprint density at radius 3 is 2.81 bits per heavy atom. The van der Waals surface area contributed by atoms with Gasteiger partial charge in [-0.15, -0.1) is 0 Å². The second kappa shape index (κ2) is 7.95. The standard InChI is InChI=1S/C17H31N3O/c1-3-19(15-9-5-4-6-10-15)17(21)13-20-14(2)8-7-11-16(20)12-18/h9,14,16H,3-8,10-13,18H2,1-2H3. The highest BCUT2D eigenvalue weighted by Crippen LogP contribution is 2.24. The Labute approximate surface area is 129 Å². The second-order valence-electron chi connectivity index (χ2n) is 6.42. The van der Waals surface area contributed by atoms with Gasteiger partial charge in [-0.25, -0.2) is 0 Å². The number of allylic oxidation sites excluding steroid dienone is 2. The van der Waals surface area contributed by atoms with E-state index in [9.17, 15) is 4.79 Å². The van der Waals surface area contributed by atoms with Crippen LogP contribution in [0.5, 0.6) is 0 Å². The average Bonchev–Trinajstić information content (AvgIpc) is 2.51. The summed E-state index contributed by atoms with van der Waals surface area (Å²) in [4.78, 5) is 17.1. The van der Waals surface area contributed by atoms with Crippen molar-refractivity contribution in [2.75, 3.05) is 19.6 Å². The summed E-state index contributed by atoms with van der Waals surface area (Å²) in [5.41, 5.74) is 7.14. The molecule has 0 spiro atoms. The third kappa shape index (κ3) is 4.07. The molecular weight excluding hydrogens is 262 g/mol. The second-order valence-corrected chi connectivity index (χ2v) is 6.42. The van der Waals surface area contributed by atoms with Crippen molar-refractivity contribution >= 4 is 5.91 Å². The Morgan fingerprint density at radius 1 is 1.38 bits per heavy atom. The molecule has 1 aliphatic carbocycles. The van der Waals surface area contributed by atoms with Crippen molar-refractivity contribution in [3.63, 3.8) is 0 Å². The van der Waals surface area contributed by atoms with E-state index < -0.39 is 0 Å². The minimum atomic E-state index is 0.248. The SMILES string of the molecule is CCN(C(=O)CN1C(C)CCCC1CN)C1=CCCCC1. The Balaban J connectivity index is 2.02. The lowest BCUT2D eigenvalue weighted by Crippen LogP contribution is -2.52. The van der Waals surface area contributed by atoms with E-state index in [1.165, 1.54) is 31.4 Å². The molecule has 21 heavy (non-hydrogen) atoms. The summed E-state index contributed by atoms with van der Waals surface area (Å²) in [6.45, 7) is 6.26. The lowest BCUT2D eigenvalue weighted by molar-refractivity contribution is -0.132. The molecular formula is C17H31N3O. The van der Waals surface area contributed by atoms with Gasteiger partial charge in [-0.2, -0.15) is 0 Å². The number of likely N-dealkylation sites (N-methyl/N-ethyl adjacent to an activating group) is 1. The molecule has 0 radical (unpaired) electrons. The predicted molar refractivity (Wildman–Crippen MR) is 86.8 cm³/mol. The zero-order chi connectivity index (χ0) is 15.2. The fourth-order valence-electron chi connectivity index (χ4n) is 3.73. The van der Waals surface area contributed by atoms with E-state index in [0.29, 0.717) is 25.2 Å². The lowest BCUT2D eigenvalue weighted by Gasteiger charge is -2.41. The summed E-state index contributed by atoms with van der Waals surface area (Å²) < 4.78 is 0. The molecule has 2 atom stereocenters. The largest absolute Gasteiger partial charge is 0.329 e. The number of piperidine rings is 1. The van der Waals surface area contributed by atoms with Crippen molar-refractivity contribution in [2.45, 2.75) is 70.9 Å². The van der Waals surface area contributed by atoms with Gasteiger partial charge in [0.05, 0.1) is 6.54 Å². The van der Waals surface area contributed by atoms with Crippen LogP contribution in [-0.4, -0.2) is 47.4 Å². The Kier molecular flexibility index (Phi) is 6.24. The van der Waals surface area contributed by atoms with Crippen molar-refractivity contribution in [3.8, 4) is 0 Å². The molecule has 1 heterocycles. The summed E-state index contributed by atoms with van der Waals surface area (Å²) in [6.07, 6.45) is 10.4. The molecule has 120 valence electrons. The number of hydrogen-bond acceptors (Lipinski definition) is 3. The first-order valence-corrected chi connectivity index (χ1v) is 8.62. The zero-order valence-electron chi connectivity index (χ0n) is 13.7. The maximum atomic E-state index is 12.8. The number of amides is 1. The number of nitrogens with two attached hydrogens (primary N) is 1. The van der Waals surface area contributed by atoms with Gasteiger partial charge in [0.2, 0.25) is 5.91 Å². The number of rotatable bonds is 5. The maximum Gasteiger partial charge on any atom is 0.240 e. The highest BCUT2D eigenvalue weighted by molar-refractivity contribution is 5.80. The third-order valence-electron chi connectivity index (χ3n) is 5.02. The van der Waals surface area contributed by atoms with Crippen molar-refractivity contribution in [1.29, 1.82) is 0 Å². The highest BCUT2D eigenvalue weighted by atomic mass is 16.2. The Morgan fingerprint density at radius 2 is 2.19 bits per heavy atom. The van der Waals surface area contributed by atoms with E-state index >= 15 is 0 Å². The van der Waals surface area contributed by atoms with Crippen LogP contribution < -0.4 is 5.73 Å². The van der Waals surface area contributed by atoms with Gasteiger partial charge < -0.3 is 10.6 Å². The quantitative estimate of drug-likeness (QED) is 0.847. The predicted octanol–water partition coefficient (Wildman–Crippen LogP) is 2.49. The molecule has 1 amide bonds. The number of likely N-dealkylation sites (tertiary alicyclic amines) is 1. The maximum absolute atomic E-state index is 12.8. The van der Waals surface area contributed by atoms with Crippen molar-refractivity contribution in [3.05, 3.63) is 11.8 Å². The first-order valence-electron chi connectivity index (χ1n) is 8.62. The highest BCUT2D eigenvalue weighted by Gasteiger charge is 2.30. The number of hydrogen-bond donors (Lipinski definition) is 1. The van der Waals surface area contributed by atoms with Crippen LogP contribution in [-0.2, 0) is 4.79 Å². The summed E-state index contributed by atoms with van der Waals surface area (Å²) in [7, 11) is 0. The number of carbonyl (C=O) groups is 1. The minimum Gasteiger partial charge on any atom is -0.329 e. The minimum absolute atomic E-state index is 0.248. The monoisotopic (exact) mass is 293 g/mol. The van der Waals surface area contributed by atoms with Crippen LogP contribution in [0.2, 0.25) is 0 Å². The third-order valence-corrected chi connectivity index (χ3v) is 5.02. The van der Waals surface area contributed by atoms with Crippen molar-refractivity contribution < 1.29 is 4.79 Å². The average molecular weight is 293 g/mol. The molecule has 0 aromatic carbocycles.